The molecule has 0 bridgehead atoms. The Morgan fingerprint density at radius 2 is 1.83 bits per heavy atom. The normalized spacial score (nSPS) is 51.0. The van der Waals surface area contributed by atoms with E-state index in [4.69, 9.17) is 9.84 Å². The van der Waals surface area contributed by atoms with E-state index < -0.39 is 0 Å². The molecule has 1 N–H and O–H groups in total. The van der Waals surface area contributed by atoms with E-state index >= 15 is 0 Å². The van der Waals surface area contributed by atoms with Gasteiger partial charge in [-0.15, -0.1) is 0 Å². The highest BCUT2D eigenvalue weighted by Crippen LogP contribution is 2.66. The smallest absolute Gasteiger partial charge is 0.133 e. The second-order valence-corrected chi connectivity index (χ2v) is 9.60. The average Bonchev–Trinajstić information content (AvgIpc) is 2.90. The zero-order chi connectivity index (χ0) is 16.9. The summed E-state index contributed by atoms with van der Waals surface area (Å²) in [6, 6.07) is 0. The second kappa shape index (κ2) is 6.09. The van der Waals surface area contributed by atoms with Crippen molar-refractivity contribution in [2.75, 3.05) is 13.2 Å². The topological polar surface area (TPSA) is 46.5 Å². The standard InChI is InChI=1S/C21H34O3/c1-20-9-7-15(23)13-14(20)3-4-16-17-5-6-19(24-12-11-22)21(17,2)10-8-18(16)20/h14,16-19,22H,3-13H2,1-2H3/t14-,16-,17-,18-,19-,20-,21-/m0/s1. The Balaban J connectivity index is 1.55. The highest BCUT2D eigenvalue weighted by atomic mass is 16.5. The van der Waals surface area contributed by atoms with Gasteiger partial charge >= 0.3 is 0 Å². The molecule has 3 nitrogen and oxygen atoms in total. The molecule has 0 spiro atoms. The van der Waals surface area contributed by atoms with Crippen LogP contribution < -0.4 is 0 Å². The predicted octanol–water partition coefficient (Wildman–Crippen LogP) is 3.98. The maximum Gasteiger partial charge on any atom is 0.133 e. The molecule has 0 radical (unpaired) electrons. The van der Waals surface area contributed by atoms with Crippen molar-refractivity contribution in [1.29, 1.82) is 0 Å². The van der Waals surface area contributed by atoms with Crippen molar-refractivity contribution in [3.8, 4) is 0 Å². The van der Waals surface area contributed by atoms with E-state index in [1.807, 2.05) is 0 Å². The van der Waals surface area contributed by atoms with Crippen molar-refractivity contribution in [2.24, 2.45) is 34.5 Å². The van der Waals surface area contributed by atoms with Crippen LogP contribution >= 0.6 is 0 Å². The molecule has 0 aromatic heterocycles. The van der Waals surface area contributed by atoms with Gasteiger partial charge in [-0.2, -0.15) is 0 Å². The first-order valence-corrected chi connectivity index (χ1v) is 10.2. The van der Waals surface area contributed by atoms with E-state index in [9.17, 15) is 4.79 Å². The van der Waals surface area contributed by atoms with Gasteiger partial charge in [0, 0.05) is 12.8 Å². The van der Waals surface area contributed by atoms with Crippen LogP contribution in [0, 0.1) is 34.5 Å². The lowest BCUT2D eigenvalue weighted by atomic mass is 9.45. The van der Waals surface area contributed by atoms with Crippen LogP contribution in [-0.4, -0.2) is 30.2 Å². The van der Waals surface area contributed by atoms with Crippen molar-refractivity contribution in [3.63, 3.8) is 0 Å². The molecule has 24 heavy (non-hydrogen) atoms. The molecule has 4 rings (SSSR count). The number of ether oxygens (including phenoxy) is 1. The maximum absolute atomic E-state index is 12.0. The minimum atomic E-state index is 0.136. The van der Waals surface area contributed by atoms with E-state index in [1.165, 1.54) is 38.5 Å². The Morgan fingerprint density at radius 1 is 1.04 bits per heavy atom. The van der Waals surface area contributed by atoms with Gasteiger partial charge in [-0.1, -0.05) is 13.8 Å². The monoisotopic (exact) mass is 334 g/mol. The molecule has 0 aromatic rings. The average molecular weight is 335 g/mol. The number of carbonyl (C=O) groups excluding carboxylic acids is 1. The summed E-state index contributed by atoms with van der Waals surface area (Å²) in [7, 11) is 0. The molecule has 0 saturated heterocycles. The first-order chi connectivity index (χ1) is 11.5. The third kappa shape index (κ3) is 2.41. The van der Waals surface area contributed by atoms with Gasteiger partial charge in [-0.3, -0.25) is 4.79 Å². The third-order valence-corrected chi connectivity index (χ3v) is 8.81. The molecule has 136 valence electrons. The van der Waals surface area contributed by atoms with Gasteiger partial charge in [-0.25, -0.2) is 0 Å². The van der Waals surface area contributed by atoms with Gasteiger partial charge in [0.15, 0.2) is 0 Å². The van der Waals surface area contributed by atoms with Gasteiger partial charge < -0.3 is 9.84 Å². The maximum atomic E-state index is 12.0. The van der Waals surface area contributed by atoms with Crippen LogP contribution in [0.3, 0.4) is 0 Å². The lowest BCUT2D eigenvalue weighted by Gasteiger charge is -2.60. The molecule has 4 fully saturated rings. The summed E-state index contributed by atoms with van der Waals surface area (Å²) >= 11 is 0. The minimum Gasteiger partial charge on any atom is -0.394 e. The number of carbonyl (C=O) groups is 1. The summed E-state index contributed by atoms with van der Waals surface area (Å²) in [6.07, 6.45) is 10.8. The largest absolute Gasteiger partial charge is 0.394 e. The van der Waals surface area contributed by atoms with Gasteiger partial charge in [0.2, 0.25) is 0 Å². The highest BCUT2D eigenvalue weighted by molar-refractivity contribution is 5.79. The number of hydrogen-bond acceptors (Lipinski definition) is 3. The van der Waals surface area contributed by atoms with E-state index in [0.29, 0.717) is 35.2 Å². The Bertz CT molecular complexity index is 503. The lowest BCUT2D eigenvalue weighted by molar-refractivity contribution is -0.145. The van der Waals surface area contributed by atoms with Crippen LogP contribution in [0.15, 0.2) is 0 Å². The number of fused-ring (bicyclic) bond motifs is 5. The van der Waals surface area contributed by atoms with Gasteiger partial charge in [0.25, 0.3) is 0 Å². The quantitative estimate of drug-likeness (QED) is 0.849. The molecule has 0 unspecified atom stereocenters. The number of hydrogen-bond donors (Lipinski definition) is 1. The number of aliphatic hydroxyl groups is 1. The van der Waals surface area contributed by atoms with Gasteiger partial charge in [0.05, 0.1) is 19.3 Å². The van der Waals surface area contributed by atoms with Crippen LogP contribution in [0.5, 0.6) is 0 Å². The summed E-state index contributed by atoms with van der Waals surface area (Å²) in [5.41, 5.74) is 0.715. The summed E-state index contributed by atoms with van der Waals surface area (Å²) in [4.78, 5) is 12.0. The van der Waals surface area contributed by atoms with Crippen molar-refractivity contribution in [2.45, 2.75) is 77.7 Å². The Kier molecular flexibility index (Phi) is 4.32. The summed E-state index contributed by atoms with van der Waals surface area (Å²) < 4.78 is 6.06. The number of ketones is 1. The Labute approximate surface area is 146 Å². The van der Waals surface area contributed by atoms with Crippen molar-refractivity contribution in [3.05, 3.63) is 0 Å². The third-order valence-electron chi connectivity index (χ3n) is 8.81. The molecule has 0 aliphatic heterocycles. The summed E-state index contributed by atoms with van der Waals surface area (Å²) in [5.74, 6) is 3.59. The highest BCUT2D eigenvalue weighted by Gasteiger charge is 2.60. The first-order valence-electron chi connectivity index (χ1n) is 10.2. The number of Topliss-reactive ketones (excluding diaryl/α,β-unsaturated/α-hetero) is 1. The predicted molar refractivity (Wildman–Crippen MR) is 93.6 cm³/mol. The van der Waals surface area contributed by atoms with Crippen molar-refractivity contribution in [1.82, 2.24) is 0 Å². The van der Waals surface area contributed by atoms with Crippen molar-refractivity contribution >= 4 is 5.78 Å². The van der Waals surface area contributed by atoms with Gasteiger partial charge in [0.1, 0.15) is 5.78 Å². The molecular weight excluding hydrogens is 300 g/mol. The van der Waals surface area contributed by atoms with E-state index in [0.717, 1.165) is 37.0 Å². The second-order valence-electron chi connectivity index (χ2n) is 9.60. The minimum absolute atomic E-state index is 0.136. The number of rotatable bonds is 3. The Hall–Kier alpha value is -0.410. The first kappa shape index (κ1) is 17.0. The molecular formula is C21H34O3. The number of aliphatic hydroxyl groups excluding tert-OH is 1. The zero-order valence-electron chi connectivity index (χ0n) is 15.4. The van der Waals surface area contributed by atoms with Crippen LogP contribution in [0.25, 0.3) is 0 Å². The van der Waals surface area contributed by atoms with Crippen molar-refractivity contribution < 1.29 is 14.6 Å². The fraction of sp³-hybridized carbons (Fsp3) is 0.952. The fourth-order valence-electron chi connectivity index (χ4n) is 7.47. The molecule has 0 heterocycles. The molecule has 3 heteroatoms. The van der Waals surface area contributed by atoms with E-state index in [-0.39, 0.29) is 6.61 Å². The molecule has 4 aliphatic carbocycles. The van der Waals surface area contributed by atoms with E-state index in [1.54, 1.807) is 0 Å². The van der Waals surface area contributed by atoms with Crippen LogP contribution in [0.1, 0.15) is 71.6 Å². The van der Waals surface area contributed by atoms with Gasteiger partial charge in [-0.05, 0) is 79.4 Å². The molecule has 7 atom stereocenters. The van der Waals surface area contributed by atoms with Crippen LogP contribution in [-0.2, 0) is 9.53 Å². The molecule has 4 saturated carbocycles. The zero-order valence-corrected chi connectivity index (χ0v) is 15.4. The molecule has 4 aliphatic rings. The SMILES string of the molecule is C[C@]12CCC(=O)C[C@@H]1CC[C@@H]1[C@@H]2CC[C@]2(C)[C@@H](OCCO)CC[C@@H]12. The fourth-order valence-corrected chi connectivity index (χ4v) is 7.47. The van der Waals surface area contributed by atoms with Crippen LogP contribution in [0.2, 0.25) is 0 Å². The molecule has 0 aromatic carbocycles. The summed E-state index contributed by atoms with van der Waals surface area (Å²) in [6.45, 7) is 5.60. The Morgan fingerprint density at radius 3 is 2.62 bits per heavy atom. The molecule has 0 amide bonds. The lowest BCUT2D eigenvalue weighted by Crippen LogP contribution is -2.54. The van der Waals surface area contributed by atoms with E-state index in [2.05, 4.69) is 13.8 Å². The summed E-state index contributed by atoms with van der Waals surface area (Å²) in [5, 5.41) is 9.13. The van der Waals surface area contributed by atoms with Crippen LogP contribution in [0.4, 0.5) is 0 Å².